The summed E-state index contributed by atoms with van der Waals surface area (Å²) in [5.41, 5.74) is 2.57. The van der Waals surface area contributed by atoms with Crippen LogP contribution >= 0.6 is 23.1 Å². The number of hydrogen-bond donors (Lipinski definition) is 1. The molecule has 0 unspecified atom stereocenters. The molecule has 0 atom stereocenters. The minimum atomic E-state index is 0.501. The van der Waals surface area contributed by atoms with E-state index in [0.717, 1.165) is 18.0 Å². The van der Waals surface area contributed by atoms with E-state index < -0.39 is 0 Å². The Hall–Kier alpha value is -0.970. The average Bonchev–Trinajstić information content (AvgIpc) is 2.96. The van der Waals surface area contributed by atoms with E-state index >= 15 is 0 Å². The van der Waals surface area contributed by atoms with Gasteiger partial charge in [-0.3, -0.25) is 0 Å². The molecule has 1 aromatic carbocycles. The maximum absolute atomic E-state index is 5.47. The molecule has 0 amide bonds. The van der Waals surface area contributed by atoms with Crippen LogP contribution in [0.5, 0.6) is 5.75 Å². The van der Waals surface area contributed by atoms with Crippen molar-refractivity contribution < 1.29 is 4.74 Å². The molecule has 0 aliphatic carbocycles. The van der Waals surface area contributed by atoms with E-state index in [0.29, 0.717) is 6.04 Å². The van der Waals surface area contributed by atoms with Crippen molar-refractivity contribution in [1.29, 1.82) is 0 Å². The Kier molecular flexibility index (Phi) is 5.95. The van der Waals surface area contributed by atoms with Crippen molar-refractivity contribution in [3.05, 3.63) is 46.8 Å². The van der Waals surface area contributed by atoms with Crippen LogP contribution in [0.1, 0.15) is 25.0 Å². The van der Waals surface area contributed by atoms with Crippen LogP contribution in [-0.2, 0) is 12.3 Å². The first kappa shape index (κ1) is 15.4. The van der Waals surface area contributed by atoms with Crippen molar-refractivity contribution in [2.24, 2.45) is 0 Å². The number of thiophene rings is 1. The third kappa shape index (κ3) is 4.54. The Balaban J connectivity index is 2.05. The van der Waals surface area contributed by atoms with Gasteiger partial charge < -0.3 is 10.1 Å². The summed E-state index contributed by atoms with van der Waals surface area (Å²) in [5, 5.41) is 5.56. The normalized spacial score (nSPS) is 11.0. The minimum Gasteiger partial charge on any atom is -0.496 e. The molecule has 1 heterocycles. The molecular weight excluding hydrogens is 286 g/mol. The van der Waals surface area contributed by atoms with E-state index in [1.807, 2.05) is 11.8 Å². The molecule has 0 aliphatic rings. The van der Waals surface area contributed by atoms with Gasteiger partial charge in [-0.1, -0.05) is 26.0 Å². The van der Waals surface area contributed by atoms with E-state index in [1.165, 1.54) is 15.3 Å². The molecule has 20 heavy (non-hydrogen) atoms. The smallest absolute Gasteiger partial charge is 0.122 e. The fourth-order valence-electron chi connectivity index (χ4n) is 1.87. The summed E-state index contributed by atoms with van der Waals surface area (Å²) in [6, 6.07) is 11.2. The molecule has 0 spiro atoms. The highest BCUT2D eigenvalue weighted by atomic mass is 32.2. The van der Waals surface area contributed by atoms with Gasteiger partial charge in [-0.25, -0.2) is 0 Å². The van der Waals surface area contributed by atoms with Gasteiger partial charge in [0.15, 0.2) is 0 Å². The van der Waals surface area contributed by atoms with Gasteiger partial charge in [0.2, 0.25) is 0 Å². The van der Waals surface area contributed by atoms with Crippen LogP contribution in [0.15, 0.2) is 39.9 Å². The minimum absolute atomic E-state index is 0.501. The summed E-state index contributed by atoms with van der Waals surface area (Å²) >= 11 is 3.64. The second-order valence-electron chi connectivity index (χ2n) is 4.90. The van der Waals surface area contributed by atoms with Crippen LogP contribution in [-0.4, -0.2) is 13.2 Å². The molecule has 2 aromatic rings. The van der Waals surface area contributed by atoms with Gasteiger partial charge in [-0.15, -0.1) is 23.1 Å². The Morgan fingerprint density at radius 3 is 2.80 bits per heavy atom. The fraction of sp³-hybridized carbons (Fsp3) is 0.375. The third-order valence-electron chi connectivity index (χ3n) is 2.92. The van der Waals surface area contributed by atoms with Gasteiger partial charge >= 0.3 is 0 Å². The third-order valence-corrected chi connectivity index (χ3v) is 5.10. The van der Waals surface area contributed by atoms with Gasteiger partial charge in [-0.2, -0.15) is 0 Å². The first-order valence-electron chi connectivity index (χ1n) is 6.74. The number of thioether (sulfide) groups is 1. The number of rotatable bonds is 7. The van der Waals surface area contributed by atoms with Gasteiger partial charge in [0.05, 0.1) is 11.3 Å². The van der Waals surface area contributed by atoms with Gasteiger partial charge in [0.1, 0.15) is 5.75 Å². The molecule has 2 nitrogen and oxygen atoms in total. The van der Waals surface area contributed by atoms with Crippen molar-refractivity contribution in [1.82, 2.24) is 5.32 Å². The molecule has 0 saturated carbocycles. The number of nitrogens with one attached hydrogen (secondary N) is 1. The highest BCUT2D eigenvalue weighted by Gasteiger charge is 2.06. The molecule has 108 valence electrons. The number of hydrogen-bond acceptors (Lipinski definition) is 4. The van der Waals surface area contributed by atoms with E-state index in [4.69, 9.17) is 4.74 Å². The first-order valence-corrected chi connectivity index (χ1v) is 8.61. The molecular formula is C16H21NOS2. The zero-order valence-corrected chi connectivity index (χ0v) is 13.8. The topological polar surface area (TPSA) is 21.3 Å². The second-order valence-corrected chi connectivity index (χ2v) is 7.13. The Morgan fingerprint density at radius 2 is 2.15 bits per heavy atom. The lowest BCUT2D eigenvalue weighted by Gasteiger charge is -2.12. The molecule has 4 heteroatoms. The molecule has 0 radical (unpaired) electrons. The van der Waals surface area contributed by atoms with Gasteiger partial charge in [-0.05, 0) is 29.1 Å². The van der Waals surface area contributed by atoms with Crippen LogP contribution < -0.4 is 10.1 Å². The predicted molar refractivity (Wildman–Crippen MR) is 88.8 cm³/mol. The Morgan fingerprint density at radius 1 is 1.30 bits per heavy atom. The summed E-state index contributed by atoms with van der Waals surface area (Å²) in [5.74, 6) is 1.92. The highest BCUT2D eigenvalue weighted by Crippen LogP contribution is 2.31. The first-order chi connectivity index (χ1) is 9.69. The summed E-state index contributed by atoms with van der Waals surface area (Å²) in [6.07, 6.45) is 0. The molecule has 1 N–H and O–H groups in total. The molecule has 0 aliphatic heterocycles. The molecule has 0 saturated heterocycles. The van der Waals surface area contributed by atoms with E-state index in [-0.39, 0.29) is 0 Å². The lowest BCUT2D eigenvalue weighted by atomic mass is 10.1. The number of ether oxygens (including phenoxy) is 1. The Labute approximate surface area is 129 Å². The van der Waals surface area contributed by atoms with Crippen molar-refractivity contribution in [2.45, 2.75) is 36.4 Å². The standard InChI is InChI=1S/C16H21NOS2/c1-12(2)17-10-13-6-7-15(18-3)14(9-13)11-20-16-5-4-8-19-16/h4-9,12,17H,10-11H2,1-3H3. The summed E-state index contributed by atoms with van der Waals surface area (Å²) in [7, 11) is 1.74. The molecule has 0 fully saturated rings. The zero-order chi connectivity index (χ0) is 14.4. The highest BCUT2D eigenvalue weighted by molar-refractivity contribution is 8.00. The van der Waals surface area contributed by atoms with E-state index in [2.05, 4.69) is 54.9 Å². The number of methoxy groups -OCH3 is 1. The molecule has 1 aromatic heterocycles. The van der Waals surface area contributed by atoms with Crippen molar-refractivity contribution in [2.75, 3.05) is 7.11 Å². The predicted octanol–water partition coefficient (Wildman–Crippen LogP) is 4.55. The SMILES string of the molecule is COc1ccc(CNC(C)C)cc1CSc1cccs1. The van der Waals surface area contributed by atoms with E-state index in [1.54, 1.807) is 18.4 Å². The van der Waals surface area contributed by atoms with Crippen LogP contribution in [0.4, 0.5) is 0 Å². The summed E-state index contributed by atoms with van der Waals surface area (Å²) < 4.78 is 6.81. The second kappa shape index (κ2) is 7.72. The molecule has 2 rings (SSSR count). The maximum atomic E-state index is 5.47. The summed E-state index contributed by atoms with van der Waals surface area (Å²) in [4.78, 5) is 0. The zero-order valence-electron chi connectivity index (χ0n) is 12.2. The lowest BCUT2D eigenvalue weighted by Crippen LogP contribution is -2.21. The molecule has 0 bridgehead atoms. The monoisotopic (exact) mass is 307 g/mol. The van der Waals surface area contributed by atoms with Crippen LogP contribution in [0.3, 0.4) is 0 Å². The van der Waals surface area contributed by atoms with Crippen LogP contribution in [0.2, 0.25) is 0 Å². The fourth-order valence-corrected chi connectivity index (χ4v) is 3.63. The average molecular weight is 307 g/mol. The van der Waals surface area contributed by atoms with Crippen LogP contribution in [0.25, 0.3) is 0 Å². The van der Waals surface area contributed by atoms with E-state index in [9.17, 15) is 0 Å². The van der Waals surface area contributed by atoms with Gasteiger partial charge in [0.25, 0.3) is 0 Å². The quantitative estimate of drug-likeness (QED) is 0.758. The maximum Gasteiger partial charge on any atom is 0.122 e. The lowest BCUT2D eigenvalue weighted by molar-refractivity contribution is 0.411. The largest absolute Gasteiger partial charge is 0.496 e. The van der Waals surface area contributed by atoms with Crippen LogP contribution in [0, 0.1) is 0 Å². The number of benzene rings is 1. The Bertz CT molecular complexity index is 523. The summed E-state index contributed by atoms with van der Waals surface area (Å²) in [6.45, 7) is 5.23. The van der Waals surface area contributed by atoms with Gasteiger partial charge in [0, 0.05) is 23.9 Å². The van der Waals surface area contributed by atoms with Crippen molar-refractivity contribution >= 4 is 23.1 Å². The van der Waals surface area contributed by atoms with Crippen molar-refractivity contribution in [3.63, 3.8) is 0 Å². The van der Waals surface area contributed by atoms with Crippen molar-refractivity contribution in [3.8, 4) is 5.75 Å².